The third kappa shape index (κ3) is 4.06. The maximum absolute atomic E-state index is 13.9. The Balaban J connectivity index is 1.54. The molecule has 3 aromatic carbocycles. The number of para-hydroxylation sites is 1. The fourth-order valence-electron chi connectivity index (χ4n) is 5.34. The zero-order valence-electron chi connectivity index (χ0n) is 21.5. The van der Waals surface area contributed by atoms with Gasteiger partial charge in [-0.3, -0.25) is 9.59 Å². The summed E-state index contributed by atoms with van der Waals surface area (Å²) in [7, 11) is 0. The lowest BCUT2D eigenvalue weighted by atomic mass is 9.89. The second-order valence-electron chi connectivity index (χ2n) is 10.0. The van der Waals surface area contributed by atoms with E-state index in [-0.39, 0.29) is 23.9 Å². The molecule has 0 fully saturated rings. The predicted octanol–water partition coefficient (Wildman–Crippen LogP) is 6.46. The van der Waals surface area contributed by atoms with Crippen molar-refractivity contribution in [1.82, 2.24) is 9.55 Å². The molecule has 0 unspecified atom stereocenters. The molecule has 0 N–H and O–H groups in total. The number of hydrogen-bond acceptors (Lipinski definition) is 3. The SMILES string of the molecule is CC(=O)N(c1ccc(C)cc1)[C@@H]1C[C@H](C)N(C(=O)c2ccc3c(c2)ncn3C(C)C)c2ccccc21. The van der Waals surface area contributed by atoms with E-state index in [0.29, 0.717) is 18.0 Å². The summed E-state index contributed by atoms with van der Waals surface area (Å²) in [6.07, 6.45) is 2.47. The lowest BCUT2D eigenvalue weighted by Gasteiger charge is -2.43. The fraction of sp³-hybridized carbons (Fsp3) is 0.300. The molecular weight excluding hydrogens is 448 g/mol. The first-order valence-corrected chi connectivity index (χ1v) is 12.5. The van der Waals surface area contributed by atoms with Crippen molar-refractivity contribution in [2.24, 2.45) is 0 Å². The van der Waals surface area contributed by atoms with Gasteiger partial charge in [0, 0.05) is 35.9 Å². The van der Waals surface area contributed by atoms with Gasteiger partial charge in [0.1, 0.15) is 0 Å². The van der Waals surface area contributed by atoms with Gasteiger partial charge in [-0.05, 0) is 76.1 Å². The van der Waals surface area contributed by atoms with Crippen LogP contribution in [0.1, 0.15) is 67.7 Å². The van der Waals surface area contributed by atoms with E-state index in [2.05, 4.69) is 30.3 Å². The van der Waals surface area contributed by atoms with Crippen molar-refractivity contribution < 1.29 is 9.59 Å². The van der Waals surface area contributed by atoms with Crippen molar-refractivity contribution >= 4 is 34.2 Å². The first-order valence-electron chi connectivity index (χ1n) is 12.5. The van der Waals surface area contributed by atoms with Gasteiger partial charge in [0.25, 0.3) is 5.91 Å². The molecule has 1 aromatic heterocycles. The van der Waals surface area contributed by atoms with Crippen LogP contribution >= 0.6 is 0 Å². The summed E-state index contributed by atoms with van der Waals surface area (Å²) in [4.78, 5) is 35.0. The van der Waals surface area contributed by atoms with Crippen LogP contribution in [0.25, 0.3) is 11.0 Å². The number of nitrogens with zero attached hydrogens (tertiary/aromatic N) is 4. The van der Waals surface area contributed by atoms with Gasteiger partial charge in [-0.2, -0.15) is 0 Å². The quantitative estimate of drug-likeness (QED) is 0.337. The first-order chi connectivity index (χ1) is 17.3. The Hall–Kier alpha value is -3.93. The zero-order valence-corrected chi connectivity index (χ0v) is 21.5. The molecule has 36 heavy (non-hydrogen) atoms. The van der Waals surface area contributed by atoms with Gasteiger partial charge in [-0.25, -0.2) is 4.98 Å². The normalized spacial score (nSPS) is 17.3. The number of imidazole rings is 1. The molecule has 5 rings (SSSR count). The molecular formula is C30H32N4O2. The topological polar surface area (TPSA) is 58.4 Å². The summed E-state index contributed by atoms with van der Waals surface area (Å²) in [5.41, 5.74) is 6.27. The van der Waals surface area contributed by atoms with Crippen molar-refractivity contribution in [2.45, 2.75) is 59.2 Å². The largest absolute Gasteiger partial charge is 0.328 e. The number of carbonyl (C=O) groups is 2. The monoisotopic (exact) mass is 480 g/mol. The zero-order chi connectivity index (χ0) is 25.6. The minimum Gasteiger partial charge on any atom is -0.328 e. The minimum absolute atomic E-state index is 0.0168. The lowest BCUT2D eigenvalue weighted by molar-refractivity contribution is -0.117. The Morgan fingerprint density at radius 2 is 1.75 bits per heavy atom. The molecule has 2 heterocycles. The molecule has 0 aliphatic carbocycles. The maximum Gasteiger partial charge on any atom is 0.258 e. The number of aromatic nitrogens is 2. The Morgan fingerprint density at radius 1 is 1.03 bits per heavy atom. The molecule has 2 amide bonds. The Bertz CT molecular complexity index is 1440. The number of hydrogen-bond donors (Lipinski definition) is 0. The van der Waals surface area contributed by atoms with E-state index < -0.39 is 0 Å². The van der Waals surface area contributed by atoms with Crippen LogP contribution in [0.3, 0.4) is 0 Å². The molecule has 0 saturated heterocycles. The van der Waals surface area contributed by atoms with Crippen molar-refractivity contribution in [2.75, 3.05) is 9.80 Å². The molecule has 0 spiro atoms. The van der Waals surface area contributed by atoms with Gasteiger partial charge in [-0.15, -0.1) is 0 Å². The highest BCUT2D eigenvalue weighted by Gasteiger charge is 2.38. The Labute approximate surface area is 212 Å². The summed E-state index contributed by atoms with van der Waals surface area (Å²) in [5.74, 6) is -0.0732. The van der Waals surface area contributed by atoms with Crippen molar-refractivity contribution in [1.29, 1.82) is 0 Å². The molecule has 0 radical (unpaired) electrons. The smallest absolute Gasteiger partial charge is 0.258 e. The number of aryl methyl sites for hydroxylation is 1. The standard InChI is InChI=1S/C30H32N4O2/c1-19(2)32-18-31-26-17-23(12-15-28(26)32)30(36)33-21(4)16-29(25-8-6-7-9-27(25)33)34(22(5)35)24-13-10-20(3)11-14-24/h6-15,17-19,21,29H,16H2,1-5H3/t21-,29+/m0/s1. The third-order valence-electron chi connectivity index (χ3n) is 7.12. The summed E-state index contributed by atoms with van der Waals surface area (Å²) < 4.78 is 2.11. The first kappa shape index (κ1) is 23.8. The molecule has 1 aliphatic rings. The number of fused-ring (bicyclic) bond motifs is 2. The van der Waals surface area contributed by atoms with Crippen molar-refractivity contribution in [3.8, 4) is 0 Å². The van der Waals surface area contributed by atoms with Gasteiger partial charge < -0.3 is 14.4 Å². The van der Waals surface area contributed by atoms with Crippen LogP contribution in [0.5, 0.6) is 0 Å². The lowest BCUT2D eigenvalue weighted by Crippen LogP contribution is -2.47. The van der Waals surface area contributed by atoms with Gasteiger partial charge >= 0.3 is 0 Å². The van der Waals surface area contributed by atoms with Gasteiger partial charge in [0.2, 0.25) is 5.91 Å². The molecule has 6 heteroatoms. The molecule has 0 bridgehead atoms. The van der Waals surface area contributed by atoms with E-state index in [1.54, 1.807) is 6.92 Å². The van der Waals surface area contributed by atoms with E-state index in [1.165, 1.54) is 0 Å². The second-order valence-corrected chi connectivity index (χ2v) is 10.0. The highest BCUT2D eigenvalue weighted by Crippen LogP contribution is 2.42. The average molecular weight is 481 g/mol. The number of amides is 2. The van der Waals surface area contributed by atoms with Crippen LogP contribution in [0, 0.1) is 6.92 Å². The van der Waals surface area contributed by atoms with Crippen LogP contribution in [-0.4, -0.2) is 27.4 Å². The molecule has 184 valence electrons. The van der Waals surface area contributed by atoms with E-state index >= 15 is 0 Å². The Morgan fingerprint density at radius 3 is 2.44 bits per heavy atom. The molecule has 1 aliphatic heterocycles. The molecule has 2 atom stereocenters. The second kappa shape index (κ2) is 9.26. The van der Waals surface area contributed by atoms with Gasteiger partial charge in [0.15, 0.2) is 0 Å². The number of rotatable bonds is 4. The summed E-state index contributed by atoms with van der Waals surface area (Å²) in [6, 6.07) is 21.7. The molecule has 4 aromatic rings. The molecule has 0 saturated carbocycles. The van der Waals surface area contributed by atoms with Crippen LogP contribution in [0.15, 0.2) is 73.1 Å². The van der Waals surface area contributed by atoms with Crippen LogP contribution < -0.4 is 9.80 Å². The van der Waals surface area contributed by atoms with Crippen molar-refractivity contribution in [3.63, 3.8) is 0 Å². The van der Waals surface area contributed by atoms with E-state index in [1.807, 2.05) is 89.8 Å². The maximum atomic E-state index is 13.9. The molecule has 6 nitrogen and oxygen atoms in total. The number of carbonyl (C=O) groups excluding carboxylic acids is 2. The summed E-state index contributed by atoms with van der Waals surface area (Å²) in [6.45, 7) is 9.93. The third-order valence-corrected chi connectivity index (χ3v) is 7.12. The van der Waals surface area contributed by atoms with E-state index in [9.17, 15) is 9.59 Å². The number of anilines is 2. The van der Waals surface area contributed by atoms with Crippen molar-refractivity contribution in [3.05, 3.63) is 89.7 Å². The highest BCUT2D eigenvalue weighted by molar-refractivity contribution is 6.09. The van der Waals surface area contributed by atoms with Crippen LogP contribution in [0.2, 0.25) is 0 Å². The highest BCUT2D eigenvalue weighted by atomic mass is 16.2. The van der Waals surface area contributed by atoms with Crippen LogP contribution in [0.4, 0.5) is 11.4 Å². The van der Waals surface area contributed by atoms with Gasteiger partial charge in [-0.1, -0.05) is 35.9 Å². The summed E-state index contributed by atoms with van der Waals surface area (Å²) >= 11 is 0. The fourth-order valence-corrected chi connectivity index (χ4v) is 5.34. The van der Waals surface area contributed by atoms with E-state index in [4.69, 9.17) is 0 Å². The van der Waals surface area contributed by atoms with Crippen LogP contribution in [-0.2, 0) is 4.79 Å². The minimum atomic E-state index is -0.162. The van der Waals surface area contributed by atoms with E-state index in [0.717, 1.165) is 33.5 Å². The predicted molar refractivity (Wildman–Crippen MR) is 145 cm³/mol. The van der Waals surface area contributed by atoms with Gasteiger partial charge in [0.05, 0.1) is 23.4 Å². The summed E-state index contributed by atoms with van der Waals surface area (Å²) in [5, 5.41) is 0. The average Bonchev–Trinajstić information content (AvgIpc) is 3.28. The number of benzene rings is 3. The Kier molecular flexibility index (Phi) is 6.12.